The van der Waals surface area contributed by atoms with Gasteiger partial charge < -0.3 is 25.3 Å². The number of nitrogens with one attached hydrogen (secondary N) is 2. The van der Waals surface area contributed by atoms with Crippen LogP contribution in [-0.4, -0.2) is 104 Å². The van der Waals surface area contributed by atoms with Crippen molar-refractivity contribution in [3.05, 3.63) is 29.6 Å². The number of likely N-dealkylation sites (tertiary alicyclic amines) is 1. The standard InChI is InChI=1S/C35H52F3N5O4/c1-5-31(45)40-32(34(47)43-19-17-42(4)18-20-43)23(2)25-11-12-29(28(36)21-25)39-33(46)27(24-9-7-6-8-10-24)22-30(44)35(37,38)26-13-15-41(3)16-14-26/h11-12,21,23-24,26-27,32H,5-10,13-20,22H2,1-4H3,(H,39,46)(H,40,45)/t23-,27-,32+/m0/s1. The molecule has 9 nitrogen and oxygen atoms in total. The SMILES string of the molecule is CCC(=O)N[C@@H](C(=O)N1CCN(C)CC1)[C@@H](C)c1ccc(NC(=O)[C@@H](CC(=O)C(F)(F)C2CCN(C)CC2)C2CCCCC2)c(F)c1. The number of nitrogens with zero attached hydrogens (tertiary/aromatic N) is 3. The number of rotatable bonds is 12. The molecular weight excluding hydrogens is 611 g/mol. The number of benzene rings is 1. The second-order valence-electron chi connectivity index (χ2n) is 13.9. The van der Waals surface area contributed by atoms with Crippen molar-refractivity contribution in [2.45, 2.75) is 89.5 Å². The third-order valence-corrected chi connectivity index (χ3v) is 10.6. The van der Waals surface area contributed by atoms with Crippen molar-refractivity contribution in [1.82, 2.24) is 20.0 Å². The van der Waals surface area contributed by atoms with E-state index < -0.39 is 53.6 Å². The number of carbonyl (C=O) groups excluding carboxylic acids is 4. The Labute approximate surface area is 277 Å². The molecule has 0 radical (unpaired) electrons. The van der Waals surface area contributed by atoms with Crippen molar-refractivity contribution in [3.63, 3.8) is 0 Å². The highest BCUT2D eigenvalue weighted by molar-refractivity contribution is 5.97. The lowest BCUT2D eigenvalue weighted by Crippen LogP contribution is -2.55. The summed E-state index contributed by atoms with van der Waals surface area (Å²) in [5.74, 6) is -9.52. The molecule has 0 bridgehead atoms. The molecule has 0 unspecified atom stereocenters. The van der Waals surface area contributed by atoms with Crippen molar-refractivity contribution in [1.29, 1.82) is 0 Å². The first-order chi connectivity index (χ1) is 22.3. The van der Waals surface area contributed by atoms with Gasteiger partial charge in [-0.2, -0.15) is 8.78 Å². The van der Waals surface area contributed by atoms with E-state index in [1.807, 2.05) is 19.0 Å². The molecule has 0 aromatic heterocycles. The molecule has 47 heavy (non-hydrogen) atoms. The minimum absolute atomic E-state index is 0.124. The summed E-state index contributed by atoms with van der Waals surface area (Å²) in [7, 11) is 3.84. The first kappa shape index (κ1) is 36.8. The molecule has 3 amide bonds. The molecule has 2 heterocycles. The van der Waals surface area contributed by atoms with Crippen LogP contribution < -0.4 is 10.6 Å². The molecule has 3 atom stereocenters. The van der Waals surface area contributed by atoms with Crippen LogP contribution in [0.25, 0.3) is 0 Å². The van der Waals surface area contributed by atoms with Crippen molar-refractivity contribution >= 4 is 29.2 Å². The molecule has 3 aliphatic rings. The van der Waals surface area contributed by atoms with Crippen molar-refractivity contribution in [2.24, 2.45) is 17.8 Å². The molecule has 3 fully saturated rings. The smallest absolute Gasteiger partial charge is 0.308 e. The number of piperidine rings is 1. The number of alkyl halides is 2. The average Bonchev–Trinajstić information content (AvgIpc) is 3.07. The van der Waals surface area contributed by atoms with E-state index >= 15 is 13.2 Å². The quantitative estimate of drug-likeness (QED) is 0.337. The van der Waals surface area contributed by atoms with Crippen molar-refractivity contribution in [2.75, 3.05) is 58.7 Å². The van der Waals surface area contributed by atoms with Crippen LogP contribution in [0.3, 0.4) is 0 Å². The zero-order valence-corrected chi connectivity index (χ0v) is 28.3. The van der Waals surface area contributed by atoms with Crippen LogP contribution in [0.1, 0.15) is 83.1 Å². The van der Waals surface area contributed by atoms with E-state index in [4.69, 9.17) is 0 Å². The van der Waals surface area contributed by atoms with Crippen LogP contribution in [0, 0.1) is 23.6 Å². The second-order valence-corrected chi connectivity index (χ2v) is 13.9. The molecule has 2 N–H and O–H groups in total. The van der Waals surface area contributed by atoms with Crippen LogP contribution >= 0.6 is 0 Å². The maximum absolute atomic E-state index is 15.6. The maximum atomic E-state index is 15.6. The first-order valence-corrected chi connectivity index (χ1v) is 17.3. The highest BCUT2D eigenvalue weighted by Gasteiger charge is 2.49. The molecule has 0 spiro atoms. The lowest BCUT2D eigenvalue weighted by molar-refractivity contribution is -0.156. The zero-order valence-electron chi connectivity index (χ0n) is 28.3. The van der Waals surface area contributed by atoms with Crippen LogP contribution in [0.5, 0.6) is 0 Å². The van der Waals surface area contributed by atoms with Gasteiger partial charge in [-0.1, -0.05) is 39.2 Å². The summed E-state index contributed by atoms with van der Waals surface area (Å²) < 4.78 is 46.4. The number of ketones is 1. The Morgan fingerprint density at radius 1 is 0.915 bits per heavy atom. The van der Waals surface area contributed by atoms with Gasteiger partial charge in [0.05, 0.1) is 5.69 Å². The predicted molar refractivity (Wildman–Crippen MR) is 175 cm³/mol. The topological polar surface area (TPSA) is 102 Å². The fraction of sp³-hybridized carbons (Fsp3) is 0.714. The van der Waals surface area contributed by atoms with Gasteiger partial charge in [0.2, 0.25) is 23.5 Å². The molecule has 2 saturated heterocycles. The van der Waals surface area contributed by atoms with Gasteiger partial charge >= 0.3 is 5.92 Å². The largest absolute Gasteiger partial charge is 0.344 e. The van der Waals surface area contributed by atoms with Crippen LogP contribution in [0.15, 0.2) is 18.2 Å². The summed E-state index contributed by atoms with van der Waals surface area (Å²) in [6.07, 6.45) is 4.01. The molecule has 1 aromatic rings. The Morgan fingerprint density at radius 3 is 2.13 bits per heavy atom. The summed E-state index contributed by atoms with van der Waals surface area (Å²) in [6.45, 7) is 6.88. The highest BCUT2D eigenvalue weighted by Crippen LogP contribution is 2.39. The van der Waals surface area contributed by atoms with E-state index in [1.54, 1.807) is 24.8 Å². The summed E-state index contributed by atoms with van der Waals surface area (Å²) in [6, 6.07) is 3.32. The Morgan fingerprint density at radius 2 is 1.53 bits per heavy atom. The van der Waals surface area contributed by atoms with E-state index in [9.17, 15) is 19.2 Å². The number of hydrogen-bond acceptors (Lipinski definition) is 6. The molecule has 12 heteroatoms. The number of hydrogen-bond donors (Lipinski definition) is 2. The lowest BCUT2D eigenvalue weighted by Gasteiger charge is -2.36. The van der Waals surface area contributed by atoms with Crippen LogP contribution in [0.4, 0.5) is 18.9 Å². The summed E-state index contributed by atoms with van der Waals surface area (Å²) in [4.78, 5) is 58.4. The number of Topliss-reactive ketones (excluding diaryl/α,β-unsaturated/α-hetero) is 1. The average molecular weight is 664 g/mol. The lowest BCUT2D eigenvalue weighted by atomic mass is 9.75. The van der Waals surface area contributed by atoms with Gasteiger partial charge in [-0.25, -0.2) is 4.39 Å². The molecule has 2 aliphatic heterocycles. The van der Waals surface area contributed by atoms with Gasteiger partial charge in [0.1, 0.15) is 11.9 Å². The third kappa shape index (κ3) is 9.34. The fourth-order valence-corrected chi connectivity index (χ4v) is 7.18. The molecule has 1 aromatic carbocycles. The van der Waals surface area contributed by atoms with Gasteiger partial charge in [0.15, 0.2) is 0 Å². The van der Waals surface area contributed by atoms with Crippen LogP contribution in [0.2, 0.25) is 0 Å². The minimum atomic E-state index is -3.53. The molecule has 4 rings (SSSR count). The van der Waals surface area contributed by atoms with E-state index in [2.05, 4.69) is 15.5 Å². The number of carbonyl (C=O) groups is 4. The van der Waals surface area contributed by atoms with Gasteiger partial charge in [0, 0.05) is 56.8 Å². The third-order valence-electron chi connectivity index (χ3n) is 10.6. The Hall–Kier alpha value is -2.99. The predicted octanol–water partition coefficient (Wildman–Crippen LogP) is 4.67. The number of amides is 3. The Kier molecular flexibility index (Phi) is 12.9. The number of halogens is 3. The highest BCUT2D eigenvalue weighted by atomic mass is 19.3. The second kappa shape index (κ2) is 16.4. The number of piperazine rings is 1. The maximum Gasteiger partial charge on any atom is 0.308 e. The molecule has 1 aliphatic carbocycles. The number of likely N-dealkylation sites (N-methyl/N-ethyl adjacent to an activating group) is 1. The summed E-state index contributed by atoms with van der Waals surface area (Å²) >= 11 is 0. The molecule has 1 saturated carbocycles. The van der Waals surface area contributed by atoms with Crippen LogP contribution in [-0.2, 0) is 19.2 Å². The minimum Gasteiger partial charge on any atom is -0.344 e. The fourth-order valence-electron chi connectivity index (χ4n) is 7.18. The van der Waals surface area contributed by atoms with Gasteiger partial charge in [-0.15, -0.1) is 0 Å². The van der Waals surface area contributed by atoms with E-state index in [0.717, 1.165) is 19.3 Å². The van der Waals surface area contributed by atoms with Gasteiger partial charge in [0.25, 0.3) is 0 Å². The monoisotopic (exact) mass is 663 g/mol. The van der Waals surface area contributed by atoms with Gasteiger partial charge in [-0.05, 0) is 76.5 Å². The van der Waals surface area contributed by atoms with Gasteiger partial charge in [-0.3, -0.25) is 19.2 Å². The van der Waals surface area contributed by atoms with Crippen molar-refractivity contribution < 1.29 is 32.3 Å². The number of anilines is 1. The first-order valence-electron chi connectivity index (χ1n) is 17.3. The normalized spacial score (nSPS) is 21.1. The zero-order chi connectivity index (χ0) is 34.3. The Balaban J connectivity index is 1.49. The van der Waals surface area contributed by atoms with E-state index in [1.165, 1.54) is 12.1 Å². The molecule has 262 valence electrons. The van der Waals surface area contributed by atoms with E-state index in [-0.39, 0.29) is 42.7 Å². The summed E-state index contributed by atoms with van der Waals surface area (Å²) in [5, 5.41) is 5.41. The van der Waals surface area contributed by atoms with Crippen molar-refractivity contribution in [3.8, 4) is 0 Å². The Bertz CT molecular complexity index is 1260. The summed E-state index contributed by atoms with van der Waals surface area (Å²) in [5.41, 5.74) is 0.335. The van der Waals surface area contributed by atoms with E-state index in [0.29, 0.717) is 57.7 Å². The molecular formula is C35H52F3N5O4.